The lowest BCUT2D eigenvalue weighted by molar-refractivity contribution is 0.590. The number of aromatic nitrogens is 1. The molecule has 1 heterocycles. The molecule has 1 nitrogen and oxygen atoms in total. The summed E-state index contributed by atoms with van der Waals surface area (Å²) in [6.45, 7) is 6.70. The number of benzene rings is 2. The molecule has 0 amide bonds. The predicted octanol–water partition coefficient (Wildman–Crippen LogP) is 6.02. The molecule has 0 N–H and O–H groups in total. The van der Waals surface area contributed by atoms with Gasteiger partial charge in [-0.2, -0.15) is 0 Å². The number of para-hydroxylation sites is 1. The van der Waals surface area contributed by atoms with Crippen molar-refractivity contribution in [2.75, 3.05) is 0 Å². The average molecular weight is 346 g/mol. The summed E-state index contributed by atoms with van der Waals surface area (Å²) >= 11 is 5.30. The summed E-state index contributed by atoms with van der Waals surface area (Å²) in [5.74, 6) is 0. The van der Waals surface area contributed by atoms with Gasteiger partial charge < -0.3 is 0 Å². The first-order valence-electron chi connectivity index (χ1n) is 6.61. The summed E-state index contributed by atoms with van der Waals surface area (Å²) in [6, 6.07) is 15.0. The van der Waals surface area contributed by atoms with Gasteiger partial charge in [0.2, 0.25) is 0 Å². The van der Waals surface area contributed by atoms with Crippen LogP contribution in [0.25, 0.3) is 20.8 Å². The monoisotopic (exact) mass is 345 g/mol. The summed E-state index contributed by atoms with van der Waals surface area (Å²) in [5, 5.41) is 1.08. The SMILES string of the molecule is CC(C)(C)c1ccc(-c2nc3c(Br)cccc3s2)cc1. The second-order valence-electron chi connectivity index (χ2n) is 5.93. The Morgan fingerprint density at radius 1 is 1.00 bits per heavy atom. The minimum Gasteiger partial charge on any atom is -0.235 e. The van der Waals surface area contributed by atoms with E-state index in [0.717, 1.165) is 15.0 Å². The molecule has 0 unspecified atom stereocenters. The third-order valence-electron chi connectivity index (χ3n) is 3.37. The van der Waals surface area contributed by atoms with Crippen molar-refractivity contribution in [2.24, 2.45) is 0 Å². The summed E-state index contributed by atoms with van der Waals surface area (Å²) in [5.41, 5.74) is 3.77. The number of rotatable bonds is 1. The van der Waals surface area contributed by atoms with Crippen molar-refractivity contribution in [1.82, 2.24) is 4.98 Å². The van der Waals surface area contributed by atoms with Crippen LogP contribution in [0.15, 0.2) is 46.9 Å². The first-order valence-corrected chi connectivity index (χ1v) is 8.22. The second kappa shape index (κ2) is 4.97. The van der Waals surface area contributed by atoms with E-state index in [4.69, 9.17) is 4.98 Å². The van der Waals surface area contributed by atoms with E-state index in [0.29, 0.717) is 0 Å². The van der Waals surface area contributed by atoms with E-state index < -0.39 is 0 Å². The van der Waals surface area contributed by atoms with Gasteiger partial charge in [0.25, 0.3) is 0 Å². The molecule has 0 fully saturated rings. The predicted molar refractivity (Wildman–Crippen MR) is 91.5 cm³/mol. The molecule has 1 aromatic heterocycles. The third-order valence-corrected chi connectivity index (χ3v) is 5.08. The Morgan fingerprint density at radius 3 is 2.30 bits per heavy atom. The van der Waals surface area contributed by atoms with Crippen LogP contribution in [0.2, 0.25) is 0 Å². The topological polar surface area (TPSA) is 12.9 Å². The van der Waals surface area contributed by atoms with Gasteiger partial charge >= 0.3 is 0 Å². The van der Waals surface area contributed by atoms with Crippen LogP contribution in [0.4, 0.5) is 0 Å². The van der Waals surface area contributed by atoms with Gasteiger partial charge in [-0.15, -0.1) is 11.3 Å². The van der Waals surface area contributed by atoms with E-state index in [9.17, 15) is 0 Å². The first-order chi connectivity index (χ1) is 9.45. The summed E-state index contributed by atoms with van der Waals surface area (Å²) in [4.78, 5) is 4.75. The summed E-state index contributed by atoms with van der Waals surface area (Å²) in [6.07, 6.45) is 0. The van der Waals surface area contributed by atoms with Crippen LogP contribution in [0.1, 0.15) is 26.3 Å². The minimum atomic E-state index is 0.190. The second-order valence-corrected chi connectivity index (χ2v) is 7.82. The van der Waals surface area contributed by atoms with Crippen LogP contribution in [-0.2, 0) is 5.41 Å². The van der Waals surface area contributed by atoms with Gasteiger partial charge in [-0.05, 0) is 39.0 Å². The molecule has 0 saturated carbocycles. The smallest absolute Gasteiger partial charge is 0.124 e. The number of fused-ring (bicyclic) bond motifs is 1. The molecule has 20 heavy (non-hydrogen) atoms. The Bertz CT molecular complexity index is 751. The minimum absolute atomic E-state index is 0.190. The highest BCUT2D eigenvalue weighted by molar-refractivity contribution is 9.10. The Labute approximate surface area is 131 Å². The highest BCUT2D eigenvalue weighted by Crippen LogP contribution is 2.34. The fourth-order valence-corrected chi connectivity index (χ4v) is 3.74. The van der Waals surface area contributed by atoms with Gasteiger partial charge in [-0.1, -0.05) is 51.1 Å². The van der Waals surface area contributed by atoms with Gasteiger partial charge in [0.05, 0.1) is 10.2 Å². The lowest BCUT2D eigenvalue weighted by Gasteiger charge is -2.18. The first kappa shape index (κ1) is 13.8. The van der Waals surface area contributed by atoms with Gasteiger partial charge in [-0.3, -0.25) is 0 Å². The zero-order chi connectivity index (χ0) is 14.3. The quantitative estimate of drug-likeness (QED) is 0.525. The van der Waals surface area contributed by atoms with Crippen molar-refractivity contribution in [3.63, 3.8) is 0 Å². The molecule has 102 valence electrons. The summed E-state index contributed by atoms with van der Waals surface area (Å²) in [7, 11) is 0. The maximum Gasteiger partial charge on any atom is 0.124 e. The zero-order valence-electron chi connectivity index (χ0n) is 11.8. The maximum atomic E-state index is 4.75. The average Bonchev–Trinajstić information content (AvgIpc) is 2.83. The molecular formula is C17H16BrNS. The van der Waals surface area contributed by atoms with Crippen LogP contribution >= 0.6 is 27.3 Å². The molecule has 3 aromatic rings. The fraction of sp³-hybridized carbons (Fsp3) is 0.235. The molecule has 0 aliphatic heterocycles. The standard InChI is InChI=1S/C17H16BrNS/c1-17(2,3)12-9-7-11(8-10-12)16-19-15-13(18)5-4-6-14(15)20-16/h4-10H,1-3H3. The van der Waals surface area contributed by atoms with E-state index in [-0.39, 0.29) is 5.41 Å². The molecule has 0 aliphatic carbocycles. The van der Waals surface area contributed by atoms with Gasteiger partial charge in [0.15, 0.2) is 0 Å². The van der Waals surface area contributed by atoms with Crippen molar-refractivity contribution >= 4 is 37.5 Å². The van der Waals surface area contributed by atoms with Crippen molar-refractivity contribution in [3.8, 4) is 10.6 Å². The lowest BCUT2D eigenvalue weighted by atomic mass is 9.87. The summed E-state index contributed by atoms with van der Waals surface area (Å²) < 4.78 is 2.28. The Kier molecular flexibility index (Phi) is 3.43. The molecule has 0 aliphatic rings. The van der Waals surface area contributed by atoms with E-state index in [1.165, 1.54) is 15.8 Å². The molecule has 0 bridgehead atoms. The molecule has 3 heteroatoms. The highest BCUT2D eigenvalue weighted by atomic mass is 79.9. The molecule has 0 radical (unpaired) electrons. The van der Waals surface area contributed by atoms with E-state index in [1.807, 2.05) is 6.07 Å². The molecular weight excluding hydrogens is 330 g/mol. The number of thiazole rings is 1. The molecule has 0 saturated heterocycles. The van der Waals surface area contributed by atoms with Crippen molar-refractivity contribution in [3.05, 3.63) is 52.5 Å². The fourth-order valence-electron chi connectivity index (χ4n) is 2.15. The third kappa shape index (κ3) is 2.52. The van der Waals surface area contributed by atoms with Gasteiger partial charge in [0.1, 0.15) is 5.01 Å². The Balaban J connectivity index is 2.05. The van der Waals surface area contributed by atoms with Crippen LogP contribution in [0.5, 0.6) is 0 Å². The van der Waals surface area contributed by atoms with Crippen LogP contribution in [-0.4, -0.2) is 4.98 Å². The maximum absolute atomic E-state index is 4.75. The van der Waals surface area contributed by atoms with E-state index in [2.05, 4.69) is 73.1 Å². The molecule has 0 spiro atoms. The number of nitrogens with zero attached hydrogens (tertiary/aromatic N) is 1. The van der Waals surface area contributed by atoms with E-state index in [1.54, 1.807) is 11.3 Å². The van der Waals surface area contributed by atoms with E-state index >= 15 is 0 Å². The lowest BCUT2D eigenvalue weighted by Crippen LogP contribution is -2.10. The van der Waals surface area contributed by atoms with Crippen molar-refractivity contribution in [1.29, 1.82) is 0 Å². The van der Waals surface area contributed by atoms with Gasteiger partial charge in [-0.25, -0.2) is 4.98 Å². The number of hydrogen-bond acceptors (Lipinski definition) is 2. The number of hydrogen-bond donors (Lipinski definition) is 0. The molecule has 2 aromatic carbocycles. The zero-order valence-corrected chi connectivity index (χ0v) is 14.2. The molecule has 0 atom stereocenters. The van der Waals surface area contributed by atoms with Crippen LogP contribution in [0, 0.1) is 0 Å². The Morgan fingerprint density at radius 2 is 1.70 bits per heavy atom. The molecule has 3 rings (SSSR count). The largest absolute Gasteiger partial charge is 0.235 e. The van der Waals surface area contributed by atoms with Crippen LogP contribution < -0.4 is 0 Å². The van der Waals surface area contributed by atoms with Crippen molar-refractivity contribution in [2.45, 2.75) is 26.2 Å². The van der Waals surface area contributed by atoms with Gasteiger partial charge in [0, 0.05) is 10.0 Å². The Hall–Kier alpha value is -1.19. The van der Waals surface area contributed by atoms with Crippen LogP contribution in [0.3, 0.4) is 0 Å². The normalized spacial score (nSPS) is 12.0. The highest BCUT2D eigenvalue weighted by Gasteiger charge is 2.14. The van der Waals surface area contributed by atoms with Crippen molar-refractivity contribution < 1.29 is 0 Å². The number of halogens is 1.